The van der Waals surface area contributed by atoms with E-state index in [2.05, 4.69) is 34.5 Å². The van der Waals surface area contributed by atoms with Gasteiger partial charge in [-0.15, -0.1) is 6.58 Å². The number of nitrogens with one attached hydrogen (secondary N) is 1. The molecule has 2 amide bonds. The summed E-state index contributed by atoms with van der Waals surface area (Å²) in [7, 11) is 0. The maximum atomic E-state index is 12.7. The first-order valence-electron chi connectivity index (χ1n) is 8.41. The molecule has 1 aliphatic heterocycles. The summed E-state index contributed by atoms with van der Waals surface area (Å²) >= 11 is 7.20. The molecule has 0 aromatic heterocycles. The predicted octanol–water partition coefficient (Wildman–Crippen LogP) is 3.29. The highest BCUT2D eigenvalue weighted by atomic mass is 127. The number of ether oxygens (including phenoxy) is 2. The maximum Gasteiger partial charge on any atom is 0.265 e. The normalized spacial score (nSPS) is 16.0. The molecule has 0 atom stereocenters. The average molecular weight is 500 g/mol. The Morgan fingerprint density at radius 2 is 2.07 bits per heavy atom. The van der Waals surface area contributed by atoms with E-state index in [0.29, 0.717) is 23.7 Å². The third-order valence-corrected chi connectivity index (χ3v) is 4.62. The molecule has 1 saturated heterocycles. The summed E-state index contributed by atoms with van der Waals surface area (Å²) in [5, 5.41) is 2.61. The third kappa shape index (κ3) is 5.07. The van der Waals surface area contributed by atoms with E-state index in [1.54, 1.807) is 12.1 Å². The number of rotatable bonds is 7. The fourth-order valence-corrected chi connectivity index (χ4v) is 3.44. The van der Waals surface area contributed by atoms with Crippen molar-refractivity contribution in [3.8, 4) is 11.5 Å². The maximum absolute atomic E-state index is 12.7. The average Bonchev–Trinajstić information content (AvgIpc) is 2.58. The zero-order chi connectivity index (χ0) is 20.1. The van der Waals surface area contributed by atoms with Crippen LogP contribution in [0.1, 0.15) is 26.3 Å². The summed E-state index contributed by atoms with van der Waals surface area (Å²) in [6.45, 7) is 10.0. The number of carbonyl (C=O) groups excluding carboxylic acids is 2. The molecule has 0 bridgehead atoms. The fraction of sp³-hybridized carbons (Fsp3) is 0.316. The Morgan fingerprint density at radius 1 is 1.37 bits per heavy atom. The molecule has 27 heavy (non-hydrogen) atoms. The number of benzene rings is 1. The number of amides is 2. The second kappa shape index (κ2) is 9.32. The van der Waals surface area contributed by atoms with Crippen LogP contribution in [-0.2, 0) is 9.59 Å². The minimum absolute atomic E-state index is 0.00114. The smallest absolute Gasteiger partial charge is 0.265 e. The lowest BCUT2D eigenvalue weighted by Crippen LogP contribution is -2.53. The minimum Gasteiger partial charge on any atom is -0.490 e. The number of halogens is 1. The Kier molecular flexibility index (Phi) is 7.37. The van der Waals surface area contributed by atoms with E-state index in [1.165, 1.54) is 11.0 Å². The molecule has 2 rings (SSSR count). The van der Waals surface area contributed by atoms with Crippen molar-refractivity contribution >= 4 is 57.8 Å². The summed E-state index contributed by atoms with van der Waals surface area (Å²) in [5.74, 6) is 0.218. The quantitative estimate of drug-likeness (QED) is 0.205. The summed E-state index contributed by atoms with van der Waals surface area (Å²) in [5.41, 5.74) is 0.657. The van der Waals surface area contributed by atoms with Gasteiger partial charge in [0.1, 0.15) is 5.57 Å². The first-order valence-corrected chi connectivity index (χ1v) is 9.89. The molecule has 6 nitrogen and oxygen atoms in total. The van der Waals surface area contributed by atoms with Crippen molar-refractivity contribution in [2.75, 3.05) is 13.2 Å². The van der Waals surface area contributed by atoms with Gasteiger partial charge in [0.2, 0.25) is 0 Å². The lowest BCUT2D eigenvalue weighted by molar-refractivity contribution is -0.128. The van der Waals surface area contributed by atoms with Crippen LogP contribution in [-0.4, -0.2) is 41.1 Å². The molecule has 0 radical (unpaired) electrons. The Balaban J connectivity index is 2.47. The van der Waals surface area contributed by atoms with Crippen LogP contribution in [0.25, 0.3) is 6.08 Å². The van der Waals surface area contributed by atoms with Crippen LogP contribution in [0.15, 0.2) is 30.4 Å². The molecule has 1 N–H and O–H groups in total. The molecule has 144 valence electrons. The van der Waals surface area contributed by atoms with Crippen LogP contribution in [0.5, 0.6) is 11.5 Å². The van der Waals surface area contributed by atoms with E-state index in [1.807, 2.05) is 26.8 Å². The van der Waals surface area contributed by atoms with Crippen LogP contribution >= 0.6 is 34.8 Å². The molecule has 1 aliphatic rings. The minimum atomic E-state index is -0.527. The van der Waals surface area contributed by atoms with Gasteiger partial charge in [-0.25, -0.2) is 0 Å². The van der Waals surface area contributed by atoms with E-state index in [-0.39, 0.29) is 23.3 Å². The second-order valence-electron chi connectivity index (χ2n) is 5.95. The molecule has 1 heterocycles. The molecule has 8 heteroatoms. The molecular weight excluding hydrogens is 479 g/mol. The lowest BCUT2D eigenvalue weighted by atomic mass is 10.1. The summed E-state index contributed by atoms with van der Waals surface area (Å²) in [6.07, 6.45) is 3.06. The van der Waals surface area contributed by atoms with Gasteiger partial charge in [-0.2, -0.15) is 0 Å². The fourth-order valence-electron chi connectivity index (χ4n) is 2.44. The lowest BCUT2D eigenvalue weighted by Gasteiger charge is -2.27. The van der Waals surface area contributed by atoms with Crippen molar-refractivity contribution in [1.82, 2.24) is 10.2 Å². The van der Waals surface area contributed by atoms with Gasteiger partial charge < -0.3 is 9.47 Å². The van der Waals surface area contributed by atoms with Crippen molar-refractivity contribution in [1.29, 1.82) is 0 Å². The summed E-state index contributed by atoms with van der Waals surface area (Å²) in [4.78, 5) is 26.2. The molecular formula is C19H21IN2O4S. The Labute approximate surface area is 177 Å². The van der Waals surface area contributed by atoms with Crippen molar-refractivity contribution < 1.29 is 19.1 Å². The molecule has 0 saturated carbocycles. The van der Waals surface area contributed by atoms with Crippen LogP contribution in [0.3, 0.4) is 0 Å². The number of thiocarbonyl (C=S) groups is 1. The molecule has 1 aromatic rings. The van der Waals surface area contributed by atoms with Gasteiger partial charge in [-0.3, -0.25) is 19.8 Å². The number of hydrogen-bond acceptors (Lipinski definition) is 5. The molecule has 1 fully saturated rings. The van der Waals surface area contributed by atoms with Crippen molar-refractivity contribution in [3.05, 3.63) is 39.5 Å². The zero-order valence-electron chi connectivity index (χ0n) is 15.4. The van der Waals surface area contributed by atoms with E-state index in [0.717, 1.165) is 3.57 Å². The van der Waals surface area contributed by atoms with Crippen molar-refractivity contribution in [2.45, 2.75) is 26.9 Å². The standard InChI is InChI=1S/C19H21IN2O4S/c1-5-7-22-18(24)13(17(23)21-19(22)27)8-12-9-14(20)16(26-11(3)4)15(10-12)25-6-2/h5,8-11H,1,6-7H2,2-4H3,(H,21,23,27)/b13-8+. The Bertz CT molecular complexity index is 820. The molecule has 0 unspecified atom stereocenters. The predicted molar refractivity (Wildman–Crippen MR) is 117 cm³/mol. The van der Waals surface area contributed by atoms with Gasteiger partial charge in [-0.1, -0.05) is 6.08 Å². The van der Waals surface area contributed by atoms with Crippen LogP contribution in [0.4, 0.5) is 0 Å². The van der Waals surface area contributed by atoms with Gasteiger partial charge in [-0.05, 0) is 79.4 Å². The highest BCUT2D eigenvalue weighted by Crippen LogP contribution is 2.35. The second-order valence-corrected chi connectivity index (χ2v) is 7.50. The van der Waals surface area contributed by atoms with E-state index < -0.39 is 11.8 Å². The first-order chi connectivity index (χ1) is 12.8. The Hall–Kier alpha value is -1.94. The zero-order valence-corrected chi connectivity index (χ0v) is 18.3. The topological polar surface area (TPSA) is 67.9 Å². The largest absolute Gasteiger partial charge is 0.490 e. The van der Waals surface area contributed by atoms with Crippen molar-refractivity contribution in [2.24, 2.45) is 0 Å². The molecule has 0 spiro atoms. The van der Waals surface area contributed by atoms with Gasteiger partial charge in [0.25, 0.3) is 11.8 Å². The molecule has 0 aliphatic carbocycles. The Morgan fingerprint density at radius 3 is 2.67 bits per heavy atom. The molecule has 1 aromatic carbocycles. The summed E-state index contributed by atoms with van der Waals surface area (Å²) in [6, 6.07) is 3.58. The van der Waals surface area contributed by atoms with Crippen molar-refractivity contribution in [3.63, 3.8) is 0 Å². The third-order valence-electron chi connectivity index (χ3n) is 3.49. The van der Waals surface area contributed by atoms with Gasteiger partial charge in [0, 0.05) is 6.54 Å². The van der Waals surface area contributed by atoms with E-state index in [9.17, 15) is 9.59 Å². The van der Waals surface area contributed by atoms with E-state index in [4.69, 9.17) is 21.7 Å². The van der Waals surface area contributed by atoms with Gasteiger partial charge in [0.05, 0.1) is 16.3 Å². The highest BCUT2D eigenvalue weighted by Gasteiger charge is 2.32. The summed E-state index contributed by atoms with van der Waals surface area (Å²) < 4.78 is 12.4. The van der Waals surface area contributed by atoms with E-state index >= 15 is 0 Å². The number of hydrogen-bond donors (Lipinski definition) is 1. The number of carbonyl (C=O) groups is 2. The highest BCUT2D eigenvalue weighted by molar-refractivity contribution is 14.1. The van der Waals surface area contributed by atoms with Crippen LogP contribution in [0, 0.1) is 3.57 Å². The first kappa shape index (κ1) is 21.4. The number of nitrogens with zero attached hydrogens (tertiary/aromatic N) is 1. The SMILES string of the molecule is C=CCN1C(=O)/C(=C/c2cc(I)c(OC(C)C)c(OCC)c2)C(=O)NC1=S. The van der Waals surface area contributed by atoms with Crippen LogP contribution < -0.4 is 14.8 Å². The van der Waals surface area contributed by atoms with Crippen LogP contribution in [0.2, 0.25) is 0 Å². The van der Waals surface area contributed by atoms with Gasteiger partial charge in [0.15, 0.2) is 16.6 Å². The van der Waals surface area contributed by atoms with Gasteiger partial charge >= 0.3 is 0 Å². The monoisotopic (exact) mass is 500 g/mol.